The largest absolute Gasteiger partial charge is 0.347 e. The highest BCUT2D eigenvalue weighted by Gasteiger charge is 2.41. The fraction of sp³-hybridized carbons (Fsp3) is 0.111. The lowest BCUT2D eigenvalue weighted by Gasteiger charge is -2.31. The van der Waals surface area contributed by atoms with Gasteiger partial charge in [0.05, 0.1) is 15.7 Å². The van der Waals surface area contributed by atoms with Crippen molar-refractivity contribution in [2.24, 2.45) is 0 Å². The average Bonchev–Trinajstić information content (AvgIpc) is 2.30. The normalized spacial score (nSPS) is 18.5. The highest BCUT2D eigenvalue weighted by atomic mass is 35.5. The maximum Gasteiger partial charge on any atom is 0.347 e. The van der Waals surface area contributed by atoms with E-state index in [4.69, 9.17) is 23.2 Å². The zero-order chi connectivity index (χ0) is 14.4. The van der Waals surface area contributed by atoms with E-state index in [1.807, 2.05) is 0 Å². The van der Waals surface area contributed by atoms with Gasteiger partial charge in [0.15, 0.2) is 0 Å². The monoisotopic (exact) mass is 323 g/mol. The van der Waals surface area contributed by atoms with Crippen LogP contribution in [0.1, 0.15) is 0 Å². The van der Waals surface area contributed by atoms with E-state index in [2.05, 4.69) is 0 Å². The molecule has 0 atom stereocenters. The van der Waals surface area contributed by atoms with Crippen molar-refractivity contribution >= 4 is 51.2 Å². The molecule has 19 heavy (non-hydrogen) atoms. The second-order valence-electron chi connectivity index (χ2n) is 3.62. The van der Waals surface area contributed by atoms with E-state index in [1.165, 1.54) is 18.2 Å². The molecule has 1 heterocycles. The Balaban J connectivity index is 2.55. The summed E-state index contributed by atoms with van der Waals surface area (Å²) >= 11 is 11.5. The number of anilines is 1. The summed E-state index contributed by atoms with van der Waals surface area (Å²) < 4.78 is 25.8. The molecule has 0 bridgehead atoms. The number of halogens is 2. The number of hydrogen-bond acceptors (Lipinski definition) is 4. The van der Waals surface area contributed by atoms with Crippen LogP contribution in [0.25, 0.3) is 0 Å². The maximum atomic E-state index is 11.9. The Morgan fingerprint density at radius 2 is 1.79 bits per heavy atom. The summed E-state index contributed by atoms with van der Waals surface area (Å²) in [7, 11) is -3.15. The number of amides is 4. The molecule has 0 saturated carbocycles. The molecule has 0 aromatic heterocycles. The van der Waals surface area contributed by atoms with Crippen LogP contribution in [0.2, 0.25) is 10.0 Å². The van der Waals surface area contributed by atoms with Gasteiger partial charge in [0.25, 0.3) is 0 Å². The van der Waals surface area contributed by atoms with Gasteiger partial charge in [-0.1, -0.05) is 23.2 Å². The first-order valence-electron chi connectivity index (χ1n) is 4.84. The number of nitrogens with zero attached hydrogens (tertiary/aromatic N) is 2. The molecule has 7 nitrogen and oxygen atoms in total. The molecular formula is C9H7Cl2N3O4S. The molecule has 4 amide bonds. The summed E-state index contributed by atoms with van der Waals surface area (Å²) in [6.45, 7) is 0. The van der Waals surface area contributed by atoms with Gasteiger partial charge in [-0.05, 0) is 18.2 Å². The molecule has 1 aromatic carbocycles. The molecule has 102 valence electrons. The molecule has 1 saturated heterocycles. The second-order valence-corrected chi connectivity index (χ2v) is 5.95. The van der Waals surface area contributed by atoms with Crippen LogP contribution in [0.5, 0.6) is 0 Å². The summed E-state index contributed by atoms with van der Waals surface area (Å²) in [5.41, 5.74) is -0.0220. The second kappa shape index (κ2) is 4.55. The third kappa shape index (κ3) is 2.34. The van der Waals surface area contributed by atoms with E-state index in [1.54, 1.807) is 4.72 Å². The van der Waals surface area contributed by atoms with Gasteiger partial charge in [-0.25, -0.2) is 19.2 Å². The smallest absolute Gasteiger partial charge is 0.247 e. The highest BCUT2D eigenvalue weighted by Crippen LogP contribution is 2.29. The van der Waals surface area contributed by atoms with Crippen LogP contribution in [0, 0.1) is 0 Å². The van der Waals surface area contributed by atoms with Gasteiger partial charge < -0.3 is 0 Å². The molecule has 1 aromatic rings. The number of carbonyl (C=O) groups excluding carboxylic acids is 2. The maximum absolute atomic E-state index is 11.9. The van der Waals surface area contributed by atoms with Crippen molar-refractivity contribution in [3.05, 3.63) is 28.2 Å². The van der Waals surface area contributed by atoms with Gasteiger partial charge in [0, 0.05) is 7.05 Å². The molecule has 2 rings (SSSR count). The minimum Gasteiger partial charge on any atom is -0.247 e. The fourth-order valence-electron chi connectivity index (χ4n) is 1.41. The van der Waals surface area contributed by atoms with Crippen molar-refractivity contribution in [2.45, 2.75) is 0 Å². The van der Waals surface area contributed by atoms with Crippen LogP contribution in [-0.2, 0) is 10.2 Å². The van der Waals surface area contributed by atoms with Crippen molar-refractivity contribution in [3.63, 3.8) is 0 Å². The van der Waals surface area contributed by atoms with Gasteiger partial charge in [0.2, 0.25) is 0 Å². The quantitative estimate of drug-likeness (QED) is 0.854. The van der Waals surface area contributed by atoms with Crippen LogP contribution >= 0.6 is 23.2 Å². The molecule has 1 aliphatic heterocycles. The zero-order valence-electron chi connectivity index (χ0n) is 9.42. The number of urea groups is 2. The Bertz CT molecular complexity index is 676. The summed E-state index contributed by atoms with van der Waals surface area (Å²) in [5.74, 6) is 0. The Labute approximate surface area is 118 Å². The zero-order valence-corrected chi connectivity index (χ0v) is 11.8. The topological polar surface area (TPSA) is 86.8 Å². The van der Waals surface area contributed by atoms with Crippen molar-refractivity contribution in [1.29, 1.82) is 0 Å². The van der Waals surface area contributed by atoms with Crippen LogP contribution in [0.15, 0.2) is 18.2 Å². The van der Waals surface area contributed by atoms with Crippen LogP contribution in [-0.4, -0.2) is 32.4 Å². The first kappa shape index (κ1) is 13.9. The van der Waals surface area contributed by atoms with E-state index in [0.717, 1.165) is 7.05 Å². The SMILES string of the molecule is CN1C(=O)NS(=O)(=O)N(c2ccc(Cl)c(Cl)c2)C1=O. The van der Waals surface area contributed by atoms with Crippen molar-refractivity contribution < 1.29 is 18.0 Å². The summed E-state index contributed by atoms with van der Waals surface area (Å²) in [4.78, 5) is 23.8. The number of benzene rings is 1. The minimum atomic E-state index is -4.30. The molecule has 1 N–H and O–H groups in total. The van der Waals surface area contributed by atoms with E-state index in [-0.39, 0.29) is 15.7 Å². The fourth-order valence-corrected chi connectivity index (χ4v) is 2.87. The first-order valence-corrected chi connectivity index (χ1v) is 7.03. The Hall–Kier alpha value is -1.51. The van der Waals surface area contributed by atoms with E-state index in [9.17, 15) is 18.0 Å². The highest BCUT2D eigenvalue weighted by molar-refractivity contribution is 7.92. The Morgan fingerprint density at radius 1 is 1.16 bits per heavy atom. The lowest BCUT2D eigenvalue weighted by Crippen LogP contribution is -2.61. The van der Waals surface area contributed by atoms with Gasteiger partial charge in [-0.15, -0.1) is 0 Å². The van der Waals surface area contributed by atoms with Crippen molar-refractivity contribution in [2.75, 3.05) is 11.4 Å². The summed E-state index contributed by atoms with van der Waals surface area (Å²) in [6, 6.07) is 1.82. The van der Waals surface area contributed by atoms with Crippen molar-refractivity contribution in [3.8, 4) is 0 Å². The summed E-state index contributed by atoms with van der Waals surface area (Å²) in [5, 5.41) is 0.298. The molecular weight excluding hydrogens is 317 g/mol. The van der Waals surface area contributed by atoms with Crippen LogP contribution < -0.4 is 9.03 Å². The number of rotatable bonds is 1. The van der Waals surface area contributed by atoms with Crippen molar-refractivity contribution in [1.82, 2.24) is 9.62 Å². The first-order chi connectivity index (χ1) is 8.74. The van der Waals surface area contributed by atoms with E-state index >= 15 is 0 Å². The number of imide groups is 1. The molecule has 0 unspecified atom stereocenters. The minimum absolute atomic E-state index is 0.0220. The third-order valence-electron chi connectivity index (χ3n) is 2.36. The van der Waals surface area contributed by atoms with Crippen LogP contribution in [0.3, 0.4) is 0 Å². The van der Waals surface area contributed by atoms with E-state index in [0.29, 0.717) is 9.21 Å². The Morgan fingerprint density at radius 3 is 2.37 bits per heavy atom. The lowest BCUT2D eigenvalue weighted by atomic mass is 10.3. The molecule has 0 radical (unpaired) electrons. The average molecular weight is 324 g/mol. The molecule has 0 aliphatic carbocycles. The molecule has 1 fully saturated rings. The molecule has 10 heteroatoms. The molecule has 1 aliphatic rings. The van der Waals surface area contributed by atoms with Gasteiger partial charge in [-0.3, -0.25) is 0 Å². The number of hydrogen-bond donors (Lipinski definition) is 1. The Kier molecular flexibility index (Phi) is 3.33. The van der Waals surface area contributed by atoms with Gasteiger partial charge in [0.1, 0.15) is 0 Å². The van der Waals surface area contributed by atoms with Gasteiger partial charge >= 0.3 is 22.3 Å². The predicted molar refractivity (Wildman–Crippen MR) is 69.6 cm³/mol. The van der Waals surface area contributed by atoms with Crippen LogP contribution in [0.4, 0.5) is 15.3 Å². The standard InChI is InChI=1S/C9H7Cl2N3O4S/c1-13-8(15)12-19(17,18)14(9(13)16)5-2-3-6(10)7(11)4-5/h2-4H,1H3,(H,12,15). The third-order valence-corrected chi connectivity index (χ3v) is 4.38. The summed E-state index contributed by atoms with van der Waals surface area (Å²) in [6.07, 6.45) is 0. The molecule has 0 spiro atoms. The van der Waals surface area contributed by atoms with E-state index < -0.39 is 22.3 Å². The predicted octanol–water partition coefficient (Wildman–Crippen LogP) is 1.82. The number of nitrogens with one attached hydrogen (secondary N) is 1. The lowest BCUT2D eigenvalue weighted by molar-refractivity contribution is 0.201. The van der Waals surface area contributed by atoms with Gasteiger partial charge in [-0.2, -0.15) is 12.7 Å². The number of carbonyl (C=O) groups is 2.